The normalized spacial score (nSPS) is 10.6. The van der Waals surface area contributed by atoms with Gasteiger partial charge in [-0.15, -0.1) is 10.2 Å². The van der Waals surface area contributed by atoms with E-state index in [9.17, 15) is 4.79 Å². The van der Waals surface area contributed by atoms with E-state index in [1.165, 1.54) is 39.8 Å². The molecule has 0 saturated heterocycles. The van der Waals surface area contributed by atoms with Gasteiger partial charge < -0.3 is 10.6 Å². The first-order valence-corrected chi connectivity index (χ1v) is 10.4. The summed E-state index contributed by atoms with van der Waals surface area (Å²) in [7, 11) is 0. The molecule has 0 aliphatic heterocycles. The number of hydrogen-bond acceptors (Lipinski definition) is 6. The van der Waals surface area contributed by atoms with Crippen LogP contribution in [0.1, 0.15) is 22.3 Å². The third-order valence-electron chi connectivity index (χ3n) is 4.23. The van der Waals surface area contributed by atoms with Gasteiger partial charge in [-0.3, -0.25) is 4.79 Å². The molecule has 3 aromatic rings. The molecule has 7 heteroatoms. The van der Waals surface area contributed by atoms with Crippen LogP contribution in [0.4, 0.5) is 10.8 Å². The zero-order chi connectivity index (χ0) is 19.2. The highest BCUT2D eigenvalue weighted by Crippen LogP contribution is 2.28. The molecule has 0 fully saturated rings. The number of benzene rings is 2. The molecule has 2 aromatic carbocycles. The van der Waals surface area contributed by atoms with E-state index >= 15 is 0 Å². The fourth-order valence-electron chi connectivity index (χ4n) is 2.44. The second-order valence-corrected chi connectivity index (χ2v) is 8.49. The first kappa shape index (κ1) is 19.4. The standard InChI is InChI=1S/C20H22N4OS2/c1-13-8-9-17(10-15(13)3)22-19-23-24-20(27-19)26-12-18(25)21-11-16-7-5-4-6-14(16)2/h4-10H,11-12H2,1-3H3,(H,21,25)(H,22,23). The molecule has 0 aliphatic carbocycles. The van der Waals surface area contributed by atoms with Crippen LogP contribution in [0.3, 0.4) is 0 Å². The maximum Gasteiger partial charge on any atom is 0.230 e. The molecule has 0 radical (unpaired) electrons. The highest BCUT2D eigenvalue weighted by molar-refractivity contribution is 8.01. The molecule has 27 heavy (non-hydrogen) atoms. The smallest absolute Gasteiger partial charge is 0.230 e. The number of carbonyl (C=O) groups excluding carboxylic acids is 1. The molecule has 0 aliphatic rings. The Labute approximate surface area is 167 Å². The number of aromatic nitrogens is 2. The highest BCUT2D eigenvalue weighted by Gasteiger charge is 2.09. The van der Waals surface area contributed by atoms with E-state index < -0.39 is 0 Å². The van der Waals surface area contributed by atoms with Crippen LogP contribution in [0.2, 0.25) is 0 Å². The van der Waals surface area contributed by atoms with Crippen molar-refractivity contribution < 1.29 is 4.79 Å². The minimum Gasteiger partial charge on any atom is -0.351 e. The number of thioether (sulfide) groups is 1. The zero-order valence-corrected chi connectivity index (χ0v) is 17.2. The predicted octanol–water partition coefficient (Wildman–Crippen LogP) is 4.62. The summed E-state index contributed by atoms with van der Waals surface area (Å²) in [6.45, 7) is 6.75. The summed E-state index contributed by atoms with van der Waals surface area (Å²) in [6.07, 6.45) is 0. The third kappa shape index (κ3) is 5.55. The molecule has 1 amide bonds. The second-order valence-electron chi connectivity index (χ2n) is 6.29. The first-order valence-electron chi connectivity index (χ1n) is 8.63. The van der Waals surface area contributed by atoms with Gasteiger partial charge in [0.2, 0.25) is 11.0 Å². The number of hydrogen-bond donors (Lipinski definition) is 2. The van der Waals surface area contributed by atoms with Gasteiger partial charge >= 0.3 is 0 Å². The van der Waals surface area contributed by atoms with Crippen molar-refractivity contribution in [2.24, 2.45) is 0 Å². The van der Waals surface area contributed by atoms with Gasteiger partial charge in [-0.2, -0.15) is 0 Å². The van der Waals surface area contributed by atoms with E-state index in [0.717, 1.165) is 20.7 Å². The van der Waals surface area contributed by atoms with Crippen LogP contribution in [0, 0.1) is 20.8 Å². The third-order valence-corrected chi connectivity index (χ3v) is 6.20. The van der Waals surface area contributed by atoms with Crippen molar-refractivity contribution in [2.75, 3.05) is 11.1 Å². The highest BCUT2D eigenvalue weighted by atomic mass is 32.2. The van der Waals surface area contributed by atoms with Crippen LogP contribution in [0.5, 0.6) is 0 Å². The Balaban J connectivity index is 1.48. The lowest BCUT2D eigenvalue weighted by Gasteiger charge is -2.07. The first-order chi connectivity index (χ1) is 13.0. The van der Waals surface area contributed by atoms with Gasteiger partial charge in [-0.25, -0.2) is 0 Å². The number of aryl methyl sites for hydroxylation is 3. The Morgan fingerprint density at radius 1 is 1.04 bits per heavy atom. The molecule has 1 heterocycles. The van der Waals surface area contributed by atoms with Crippen molar-refractivity contribution in [1.29, 1.82) is 0 Å². The Hall–Kier alpha value is -2.38. The van der Waals surface area contributed by atoms with Gasteiger partial charge in [0.05, 0.1) is 5.75 Å². The number of carbonyl (C=O) groups is 1. The number of anilines is 2. The van der Waals surface area contributed by atoms with Crippen LogP contribution in [-0.4, -0.2) is 21.9 Å². The molecular formula is C20H22N4OS2. The summed E-state index contributed by atoms with van der Waals surface area (Å²) in [5.74, 6) is 0.312. The van der Waals surface area contributed by atoms with Crippen molar-refractivity contribution in [3.63, 3.8) is 0 Å². The van der Waals surface area contributed by atoms with Crippen molar-refractivity contribution >= 4 is 39.8 Å². The van der Waals surface area contributed by atoms with Gasteiger partial charge in [-0.1, -0.05) is 53.4 Å². The van der Waals surface area contributed by atoms with Crippen molar-refractivity contribution in [1.82, 2.24) is 15.5 Å². The van der Waals surface area contributed by atoms with E-state index in [-0.39, 0.29) is 5.91 Å². The van der Waals surface area contributed by atoms with E-state index in [1.807, 2.05) is 37.3 Å². The van der Waals surface area contributed by atoms with Crippen molar-refractivity contribution in [3.05, 3.63) is 64.7 Å². The summed E-state index contributed by atoms with van der Waals surface area (Å²) in [5, 5.41) is 15.2. The molecule has 0 saturated carbocycles. The van der Waals surface area contributed by atoms with Gasteiger partial charge in [0.1, 0.15) is 0 Å². The Morgan fingerprint density at radius 3 is 2.63 bits per heavy atom. The van der Waals surface area contributed by atoms with Crippen LogP contribution < -0.4 is 10.6 Å². The molecule has 0 bridgehead atoms. The Kier molecular flexibility index (Phi) is 6.47. The topological polar surface area (TPSA) is 66.9 Å². The van der Waals surface area contributed by atoms with Gasteiger partial charge in [0, 0.05) is 12.2 Å². The molecular weight excluding hydrogens is 376 g/mol. The second kappa shape index (κ2) is 9.01. The lowest BCUT2D eigenvalue weighted by atomic mass is 10.1. The summed E-state index contributed by atoms with van der Waals surface area (Å²) < 4.78 is 0.771. The molecule has 2 N–H and O–H groups in total. The molecule has 5 nitrogen and oxygen atoms in total. The molecule has 1 aromatic heterocycles. The van der Waals surface area contributed by atoms with Crippen LogP contribution in [0.25, 0.3) is 0 Å². The quantitative estimate of drug-likeness (QED) is 0.569. The minimum absolute atomic E-state index is 0.0119. The summed E-state index contributed by atoms with van der Waals surface area (Å²) in [4.78, 5) is 12.1. The SMILES string of the molecule is Cc1ccc(Nc2nnc(SCC(=O)NCc3ccccc3C)s2)cc1C. The maximum absolute atomic E-state index is 12.1. The molecule has 0 spiro atoms. The van der Waals surface area contributed by atoms with E-state index in [4.69, 9.17) is 0 Å². The number of nitrogens with one attached hydrogen (secondary N) is 2. The zero-order valence-electron chi connectivity index (χ0n) is 15.6. The van der Waals surface area contributed by atoms with Crippen LogP contribution in [0.15, 0.2) is 46.8 Å². The summed E-state index contributed by atoms with van der Waals surface area (Å²) >= 11 is 2.84. The van der Waals surface area contributed by atoms with E-state index in [1.54, 1.807) is 0 Å². The average molecular weight is 399 g/mol. The molecule has 3 rings (SSSR count). The van der Waals surface area contributed by atoms with Crippen molar-refractivity contribution in [2.45, 2.75) is 31.7 Å². The molecule has 0 unspecified atom stereocenters. The number of rotatable bonds is 7. The average Bonchev–Trinajstić information content (AvgIpc) is 3.10. The fraction of sp³-hybridized carbons (Fsp3) is 0.250. The van der Waals surface area contributed by atoms with Crippen LogP contribution >= 0.6 is 23.1 Å². The Morgan fingerprint density at radius 2 is 1.85 bits per heavy atom. The van der Waals surface area contributed by atoms with Gasteiger partial charge in [0.25, 0.3) is 0 Å². The van der Waals surface area contributed by atoms with E-state index in [2.05, 4.69) is 46.8 Å². The molecule has 140 valence electrons. The lowest BCUT2D eigenvalue weighted by molar-refractivity contribution is -0.118. The largest absolute Gasteiger partial charge is 0.351 e. The van der Waals surface area contributed by atoms with Crippen LogP contribution in [-0.2, 0) is 11.3 Å². The predicted molar refractivity (Wildman–Crippen MR) is 113 cm³/mol. The summed E-state index contributed by atoms with van der Waals surface area (Å²) in [6, 6.07) is 14.2. The maximum atomic E-state index is 12.1. The fourth-order valence-corrected chi connectivity index (χ4v) is 4.04. The molecule has 0 atom stereocenters. The van der Waals surface area contributed by atoms with Crippen molar-refractivity contribution in [3.8, 4) is 0 Å². The number of amides is 1. The lowest BCUT2D eigenvalue weighted by Crippen LogP contribution is -2.24. The number of nitrogens with zero attached hydrogens (tertiary/aromatic N) is 2. The van der Waals surface area contributed by atoms with Gasteiger partial charge in [-0.05, 0) is 55.2 Å². The Bertz CT molecular complexity index is 939. The van der Waals surface area contributed by atoms with Gasteiger partial charge in [0.15, 0.2) is 4.34 Å². The minimum atomic E-state index is -0.0119. The van der Waals surface area contributed by atoms with E-state index in [0.29, 0.717) is 12.3 Å². The summed E-state index contributed by atoms with van der Waals surface area (Å²) in [5.41, 5.74) is 5.78. The monoisotopic (exact) mass is 398 g/mol.